The normalized spacial score (nSPS) is 10.9. The number of ether oxygens (including phenoxy) is 2. The van der Waals surface area contributed by atoms with Crippen molar-refractivity contribution in [2.45, 2.75) is 12.8 Å². The van der Waals surface area contributed by atoms with E-state index in [1.54, 1.807) is 0 Å². The third-order valence-electron chi connectivity index (χ3n) is 3.24. The molecule has 2 rings (SSSR count). The van der Waals surface area contributed by atoms with Gasteiger partial charge in [0.15, 0.2) is 6.29 Å². The van der Waals surface area contributed by atoms with Crippen molar-refractivity contribution in [2.24, 2.45) is 0 Å². The average Bonchev–Trinajstić information content (AvgIpc) is 2.90. The van der Waals surface area contributed by atoms with E-state index in [9.17, 15) is 9.59 Å². The van der Waals surface area contributed by atoms with E-state index in [1.165, 1.54) is 25.0 Å². The molecule has 0 spiro atoms. The van der Waals surface area contributed by atoms with Crippen LogP contribution in [-0.2, 0) is 16.0 Å². The molecule has 0 aliphatic carbocycles. The van der Waals surface area contributed by atoms with Gasteiger partial charge in [-0.1, -0.05) is 30.3 Å². The van der Waals surface area contributed by atoms with Crippen LogP contribution in [0.3, 0.4) is 0 Å². The summed E-state index contributed by atoms with van der Waals surface area (Å²) in [6.07, 6.45) is 0.868. The molecule has 1 aromatic carbocycles. The molecule has 0 bridgehead atoms. The van der Waals surface area contributed by atoms with Crippen LogP contribution >= 0.6 is 0 Å². The lowest BCUT2D eigenvalue weighted by Crippen LogP contribution is -2.36. The molecule has 0 aliphatic heterocycles. The topological polar surface area (TPSA) is 85.4 Å². The molecule has 0 atom stereocenters. The Morgan fingerprint density at radius 3 is 2.59 bits per heavy atom. The fourth-order valence-electron chi connectivity index (χ4n) is 2.04. The van der Waals surface area contributed by atoms with E-state index < -0.39 is 6.29 Å². The second-order valence-electron chi connectivity index (χ2n) is 4.66. The van der Waals surface area contributed by atoms with Crippen molar-refractivity contribution >= 4 is 5.91 Å². The monoisotopic (exact) mass is 305 g/mol. The molecule has 22 heavy (non-hydrogen) atoms. The maximum Gasteiger partial charge on any atom is 0.326 e. The van der Waals surface area contributed by atoms with Gasteiger partial charge in [-0.15, -0.1) is 0 Å². The highest BCUT2D eigenvalue weighted by Gasteiger charge is 2.16. The first-order valence-corrected chi connectivity index (χ1v) is 6.81. The van der Waals surface area contributed by atoms with Crippen molar-refractivity contribution in [3.63, 3.8) is 0 Å². The Labute approximate surface area is 127 Å². The Morgan fingerprint density at radius 2 is 1.95 bits per heavy atom. The first-order valence-electron chi connectivity index (χ1n) is 6.81. The number of H-pyrrole nitrogens is 1. The molecule has 0 saturated carbocycles. The number of methoxy groups -OCH3 is 2. The van der Waals surface area contributed by atoms with Crippen LogP contribution in [0.2, 0.25) is 0 Å². The lowest BCUT2D eigenvalue weighted by atomic mass is 10.2. The molecule has 0 radical (unpaired) electrons. The van der Waals surface area contributed by atoms with E-state index in [-0.39, 0.29) is 23.8 Å². The Morgan fingerprint density at radius 1 is 1.27 bits per heavy atom. The highest BCUT2D eigenvalue weighted by molar-refractivity contribution is 5.92. The molecule has 0 fully saturated rings. The summed E-state index contributed by atoms with van der Waals surface area (Å²) in [6, 6.07) is 9.45. The second-order valence-corrected chi connectivity index (χ2v) is 4.66. The Kier molecular flexibility index (Phi) is 5.51. The molecule has 1 heterocycles. The van der Waals surface area contributed by atoms with E-state index in [4.69, 9.17) is 9.47 Å². The van der Waals surface area contributed by atoms with Crippen LogP contribution < -0.4 is 11.0 Å². The molecule has 0 saturated heterocycles. The molecular weight excluding hydrogens is 286 g/mol. The minimum Gasteiger partial charge on any atom is -0.354 e. The maximum atomic E-state index is 12.2. The van der Waals surface area contributed by atoms with Crippen LogP contribution in [0.1, 0.15) is 16.1 Å². The van der Waals surface area contributed by atoms with Crippen molar-refractivity contribution in [1.82, 2.24) is 14.9 Å². The number of nitrogens with one attached hydrogen (secondary N) is 2. The van der Waals surface area contributed by atoms with Crippen molar-refractivity contribution in [3.05, 3.63) is 58.3 Å². The van der Waals surface area contributed by atoms with Gasteiger partial charge in [-0.3, -0.25) is 9.36 Å². The number of amides is 1. The molecule has 118 valence electrons. The smallest absolute Gasteiger partial charge is 0.326 e. The van der Waals surface area contributed by atoms with Crippen LogP contribution in [0.25, 0.3) is 0 Å². The number of imidazole rings is 1. The molecule has 1 aromatic heterocycles. The van der Waals surface area contributed by atoms with E-state index in [0.717, 1.165) is 5.56 Å². The molecule has 7 nitrogen and oxygen atoms in total. The number of hydrogen-bond donors (Lipinski definition) is 2. The summed E-state index contributed by atoms with van der Waals surface area (Å²) in [6.45, 7) is 0.514. The first kappa shape index (κ1) is 16.0. The van der Waals surface area contributed by atoms with Gasteiger partial charge in [0, 0.05) is 20.4 Å². The van der Waals surface area contributed by atoms with Crippen molar-refractivity contribution < 1.29 is 14.3 Å². The Hall–Kier alpha value is -2.38. The Bertz CT molecular complexity index is 659. The van der Waals surface area contributed by atoms with Gasteiger partial charge in [-0.2, -0.15) is 0 Å². The van der Waals surface area contributed by atoms with Gasteiger partial charge in [-0.05, 0) is 5.56 Å². The predicted molar refractivity (Wildman–Crippen MR) is 80.7 cm³/mol. The van der Waals surface area contributed by atoms with Gasteiger partial charge in [0.1, 0.15) is 5.69 Å². The number of rotatable bonds is 7. The number of nitrogens with zero attached hydrogens (tertiary/aromatic N) is 1. The summed E-state index contributed by atoms with van der Waals surface area (Å²) in [5.41, 5.74) is 0.869. The maximum absolute atomic E-state index is 12.2. The minimum atomic E-state index is -0.530. The van der Waals surface area contributed by atoms with Gasteiger partial charge >= 0.3 is 5.69 Å². The lowest BCUT2D eigenvalue weighted by molar-refractivity contribution is -0.0974. The van der Waals surface area contributed by atoms with E-state index >= 15 is 0 Å². The van der Waals surface area contributed by atoms with Crippen LogP contribution in [0.4, 0.5) is 0 Å². The van der Waals surface area contributed by atoms with E-state index in [0.29, 0.717) is 6.54 Å². The largest absolute Gasteiger partial charge is 0.354 e. The summed E-state index contributed by atoms with van der Waals surface area (Å²) in [7, 11) is 2.98. The van der Waals surface area contributed by atoms with Crippen molar-refractivity contribution in [1.29, 1.82) is 0 Å². The van der Waals surface area contributed by atoms with Crippen LogP contribution in [0.15, 0.2) is 41.3 Å². The molecular formula is C15H19N3O4. The van der Waals surface area contributed by atoms with Crippen LogP contribution in [-0.4, -0.2) is 42.5 Å². The zero-order chi connectivity index (χ0) is 15.9. The number of aromatic amines is 1. The predicted octanol–water partition coefficient (Wildman–Crippen LogP) is 0.573. The van der Waals surface area contributed by atoms with Crippen LogP contribution in [0.5, 0.6) is 0 Å². The number of aromatic nitrogens is 2. The summed E-state index contributed by atoms with van der Waals surface area (Å²) in [5.74, 6) is -0.367. The number of benzene rings is 1. The SMILES string of the molecule is COC(CNC(=O)c1c[nH]c(=O)n1Cc1ccccc1)OC. The fraction of sp³-hybridized carbons (Fsp3) is 0.333. The summed E-state index contributed by atoms with van der Waals surface area (Å²) < 4.78 is 11.4. The van der Waals surface area contributed by atoms with Gasteiger partial charge in [0.05, 0.1) is 13.1 Å². The van der Waals surface area contributed by atoms with Gasteiger partial charge in [0.25, 0.3) is 5.91 Å². The summed E-state index contributed by atoms with van der Waals surface area (Å²) in [4.78, 5) is 26.6. The van der Waals surface area contributed by atoms with Gasteiger partial charge < -0.3 is 19.8 Å². The van der Waals surface area contributed by atoms with E-state index in [1.807, 2.05) is 30.3 Å². The van der Waals surface area contributed by atoms with Crippen LogP contribution in [0, 0.1) is 0 Å². The van der Waals surface area contributed by atoms with E-state index in [2.05, 4.69) is 10.3 Å². The molecule has 2 N–H and O–H groups in total. The van der Waals surface area contributed by atoms with Crippen molar-refractivity contribution in [3.8, 4) is 0 Å². The standard InChI is InChI=1S/C15H19N3O4/c1-21-13(22-2)9-16-14(19)12-8-17-15(20)18(12)10-11-6-4-3-5-7-11/h3-8,13H,9-10H2,1-2H3,(H,16,19)(H,17,20). The van der Waals surface area contributed by atoms with Gasteiger partial charge in [-0.25, -0.2) is 4.79 Å². The molecule has 0 aliphatic rings. The number of hydrogen-bond acceptors (Lipinski definition) is 4. The molecule has 0 unspecified atom stereocenters. The zero-order valence-electron chi connectivity index (χ0n) is 12.5. The number of carbonyl (C=O) groups is 1. The lowest BCUT2D eigenvalue weighted by Gasteiger charge is -2.14. The third kappa shape index (κ3) is 3.84. The number of carbonyl (C=O) groups excluding carboxylic acids is 1. The Balaban J connectivity index is 2.12. The second kappa shape index (κ2) is 7.58. The zero-order valence-corrected chi connectivity index (χ0v) is 12.5. The van der Waals surface area contributed by atoms with Gasteiger partial charge in [0.2, 0.25) is 0 Å². The average molecular weight is 305 g/mol. The summed E-state index contributed by atoms with van der Waals surface area (Å²) >= 11 is 0. The third-order valence-corrected chi connectivity index (χ3v) is 3.24. The highest BCUT2D eigenvalue weighted by Crippen LogP contribution is 2.04. The minimum absolute atomic E-state index is 0.191. The molecule has 7 heteroatoms. The van der Waals surface area contributed by atoms with Crippen molar-refractivity contribution in [2.75, 3.05) is 20.8 Å². The first-order chi connectivity index (χ1) is 10.7. The summed E-state index contributed by atoms with van der Waals surface area (Å²) in [5, 5.41) is 2.67. The molecule has 2 aromatic rings. The quantitative estimate of drug-likeness (QED) is 0.733. The highest BCUT2D eigenvalue weighted by atomic mass is 16.7. The fourth-order valence-corrected chi connectivity index (χ4v) is 2.04. The molecule has 1 amide bonds.